The number of halogens is 3. The van der Waals surface area contributed by atoms with Gasteiger partial charge in [-0.15, -0.1) is 0 Å². The molecule has 2 aliphatic carbocycles. The topological polar surface area (TPSA) is 9.23 Å². The Hall–Kier alpha value is -1.97. The van der Waals surface area contributed by atoms with Gasteiger partial charge in [0.1, 0.15) is 5.82 Å². The predicted octanol–water partition coefficient (Wildman–Crippen LogP) is 6.05. The molecule has 0 unspecified atom stereocenters. The second-order valence-electron chi connectivity index (χ2n) is 6.98. The third-order valence-electron chi connectivity index (χ3n) is 5.56. The van der Waals surface area contributed by atoms with Crippen molar-refractivity contribution in [3.05, 3.63) is 41.2 Å². The maximum absolute atomic E-state index is 15.0. The quantitative estimate of drug-likeness (QED) is 0.555. The lowest BCUT2D eigenvalue weighted by molar-refractivity contribution is 0.342. The van der Waals surface area contributed by atoms with E-state index in [2.05, 4.69) is 6.92 Å². The van der Waals surface area contributed by atoms with Gasteiger partial charge < -0.3 is 4.74 Å². The summed E-state index contributed by atoms with van der Waals surface area (Å²) in [5.41, 5.74) is 2.06. The van der Waals surface area contributed by atoms with Gasteiger partial charge in [-0.05, 0) is 47.4 Å². The largest absolute Gasteiger partial charge is 0.494 e. The van der Waals surface area contributed by atoms with E-state index in [0.29, 0.717) is 22.6 Å². The van der Waals surface area contributed by atoms with E-state index in [-0.39, 0.29) is 28.6 Å². The lowest BCUT2D eigenvalue weighted by atomic mass is 9.74. The second kappa shape index (κ2) is 5.54. The summed E-state index contributed by atoms with van der Waals surface area (Å²) in [7, 11) is 1.29. The van der Waals surface area contributed by atoms with Gasteiger partial charge in [0.25, 0.3) is 0 Å². The molecule has 24 heavy (non-hydrogen) atoms. The summed E-state index contributed by atoms with van der Waals surface area (Å²) in [5.74, 6) is -1.77. The maximum atomic E-state index is 15.0. The first kappa shape index (κ1) is 15.6. The molecule has 0 saturated heterocycles. The van der Waals surface area contributed by atoms with Gasteiger partial charge in [0.15, 0.2) is 11.6 Å². The van der Waals surface area contributed by atoms with E-state index in [9.17, 15) is 8.78 Å². The molecule has 0 N–H and O–H groups in total. The summed E-state index contributed by atoms with van der Waals surface area (Å²) >= 11 is 0. The van der Waals surface area contributed by atoms with E-state index in [0.717, 1.165) is 25.7 Å². The molecular formula is C20H19F3O. The van der Waals surface area contributed by atoms with Crippen molar-refractivity contribution < 1.29 is 17.9 Å². The van der Waals surface area contributed by atoms with Gasteiger partial charge in [0.2, 0.25) is 5.82 Å². The highest BCUT2D eigenvalue weighted by molar-refractivity contribution is 6.03. The SMILES string of the molecule is COc1cc2c(c(F)c1F)-c1c-2ccc(C2CCC(C)CC2)c1F. The fourth-order valence-corrected chi connectivity index (χ4v) is 4.09. The Labute approximate surface area is 139 Å². The van der Waals surface area contributed by atoms with E-state index in [4.69, 9.17) is 4.74 Å². The van der Waals surface area contributed by atoms with Crippen molar-refractivity contribution in [2.24, 2.45) is 5.92 Å². The molecule has 0 aromatic heterocycles. The first-order valence-corrected chi connectivity index (χ1v) is 8.42. The third kappa shape index (κ3) is 2.08. The molecule has 1 fully saturated rings. The van der Waals surface area contributed by atoms with E-state index < -0.39 is 11.6 Å². The third-order valence-corrected chi connectivity index (χ3v) is 5.56. The molecule has 0 atom stereocenters. The first-order valence-electron chi connectivity index (χ1n) is 8.42. The van der Waals surface area contributed by atoms with E-state index in [1.807, 2.05) is 12.1 Å². The standard InChI is InChI=1S/C20H19F3O/c1-10-3-5-11(6-4-10)12-7-8-13-14-9-15(24-2)19(22)20(23)17(14)16(13)18(12)21/h7-11H,3-6H2,1-2H3. The van der Waals surface area contributed by atoms with Crippen LogP contribution in [0.1, 0.15) is 44.1 Å². The van der Waals surface area contributed by atoms with Crippen LogP contribution in [-0.4, -0.2) is 7.11 Å². The zero-order valence-corrected chi connectivity index (χ0v) is 13.8. The van der Waals surface area contributed by atoms with Crippen LogP contribution in [0, 0.1) is 23.4 Å². The van der Waals surface area contributed by atoms with Gasteiger partial charge in [-0.1, -0.05) is 31.9 Å². The molecule has 126 valence electrons. The molecule has 1 nitrogen and oxygen atoms in total. The molecule has 2 aromatic rings. The Kier molecular flexibility index (Phi) is 3.59. The van der Waals surface area contributed by atoms with Gasteiger partial charge in [-0.25, -0.2) is 8.78 Å². The average Bonchev–Trinajstić information content (AvgIpc) is 2.56. The predicted molar refractivity (Wildman–Crippen MR) is 87.7 cm³/mol. The molecule has 0 spiro atoms. The van der Waals surface area contributed by atoms with Gasteiger partial charge >= 0.3 is 0 Å². The Morgan fingerprint density at radius 1 is 0.875 bits per heavy atom. The van der Waals surface area contributed by atoms with Gasteiger partial charge in [0.05, 0.1) is 7.11 Å². The summed E-state index contributed by atoms with van der Waals surface area (Å²) in [6.07, 6.45) is 4.06. The lowest BCUT2D eigenvalue weighted by Gasteiger charge is -2.31. The molecule has 0 radical (unpaired) electrons. The van der Waals surface area contributed by atoms with Crippen LogP contribution in [0.15, 0.2) is 18.2 Å². The average molecular weight is 332 g/mol. The van der Waals surface area contributed by atoms with Crippen LogP contribution in [0.25, 0.3) is 22.3 Å². The number of hydrogen-bond donors (Lipinski definition) is 0. The summed E-state index contributed by atoms with van der Waals surface area (Å²) in [5, 5.41) is 0. The minimum Gasteiger partial charge on any atom is -0.494 e. The first-order chi connectivity index (χ1) is 11.5. The Morgan fingerprint density at radius 3 is 2.21 bits per heavy atom. The summed E-state index contributed by atoms with van der Waals surface area (Å²) < 4.78 is 48.2. The van der Waals surface area contributed by atoms with Gasteiger partial charge in [-0.3, -0.25) is 0 Å². The highest BCUT2D eigenvalue weighted by Gasteiger charge is 2.35. The second-order valence-corrected chi connectivity index (χ2v) is 6.98. The number of fused-ring (bicyclic) bond motifs is 4. The van der Waals surface area contributed by atoms with Crippen molar-refractivity contribution in [3.8, 4) is 28.0 Å². The van der Waals surface area contributed by atoms with Crippen LogP contribution in [-0.2, 0) is 0 Å². The van der Waals surface area contributed by atoms with Crippen molar-refractivity contribution in [3.63, 3.8) is 0 Å². The number of rotatable bonds is 2. The minimum absolute atomic E-state index is 0.0480. The molecule has 2 aliphatic rings. The van der Waals surface area contributed by atoms with Crippen molar-refractivity contribution in [1.29, 1.82) is 0 Å². The van der Waals surface area contributed by atoms with Crippen LogP contribution in [0.3, 0.4) is 0 Å². The maximum Gasteiger partial charge on any atom is 0.201 e. The number of ether oxygens (including phenoxy) is 1. The molecule has 4 heteroatoms. The van der Waals surface area contributed by atoms with E-state index >= 15 is 4.39 Å². The summed E-state index contributed by atoms with van der Waals surface area (Å²) in [6.45, 7) is 2.21. The Morgan fingerprint density at radius 2 is 1.54 bits per heavy atom. The zero-order valence-electron chi connectivity index (χ0n) is 13.8. The van der Waals surface area contributed by atoms with E-state index in [1.165, 1.54) is 13.2 Å². The number of methoxy groups -OCH3 is 1. The van der Waals surface area contributed by atoms with Crippen molar-refractivity contribution in [1.82, 2.24) is 0 Å². The van der Waals surface area contributed by atoms with Crippen molar-refractivity contribution >= 4 is 0 Å². The monoisotopic (exact) mass is 332 g/mol. The van der Waals surface area contributed by atoms with Crippen LogP contribution in [0.2, 0.25) is 0 Å². The van der Waals surface area contributed by atoms with Gasteiger partial charge in [0, 0.05) is 11.1 Å². The minimum atomic E-state index is -1.06. The van der Waals surface area contributed by atoms with Crippen molar-refractivity contribution in [2.75, 3.05) is 7.11 Å². The molecule has 0 aliphatic heterocycles. The number of benzene rings is 2. The van der Waals surface area contributed by atoms with E-state index in [1.54, 1.807) is 0 Å². The molecule has 0 amide bonds. The normalized spacial score (nSPS) is 21.7. The smallest absolute Gasteiger partial charge is 0.201 e. The zero-order chi connectivity index (χ0) is 17.0. The van der Waals surface area contributed by atoms with Crippen molar-refractivity contribution in [2.45, 2.75) is 38.5 Å². The van der Waals surface area contributed by atoms with Crippen LogP contribution >= 0.6 is 0 Å². The highest BCUT2D eigenvalue weighted by Crippen LogP contribution is 2.53. The highest BCUT2D eigenvalue weighted by atomic mass is 19.2. The van der Waals surface area contributed by atoms with Gasteiger partial charge in [-0.2, -0.15) is 4.39 Å². The molecular weight excluding hydrogens is 313 g/mol. The Bertz CT molecular complexity index is 820. The van der Waals surface area contributed by atoms with Crippen LogP contribution in [0.4, 0.5) is 13.2 Å². The molecule has 0 heterocycles. The molecule has 1 saturated carbocycles. The summed E-state index contributed by atoms with van der Waals surface area (Å²) in [6, 6.07) is 5.08. The molecule has 4 rings (SSSR count). The number of hydrogen-bond acceptors (Lipinski definition) is 1. The fraction of sp³-hybridized carbons (Fsp3) is 0.400. The summed E-state index contributed by atoms with van der Waals surface area (Å²) in [4.78, 5) is 0. The Balaban J connectivity index is 1.78. The molecule has 2 aromatic carbocycles. The fourth-order valence-electron chi connectivity index (χ4n) is 4.09. The lowest BCUT2D eigenvalue weighted by Crippen LogP contribution is -2.15. The van der Waals surface area contributed by atoms with Crippen LogP contribution < -0.4 is 4.74 Å². The molecule has 0 bridgehead atoms. The van der Waals surface area contributed by atoms with Crippen LogP contribution in [0.5, 0.6) is 5.75 Å².